The van der Waals surface area contributed by atoms with Crippen LogP contribution in [0.25, 0.3) is 0 Å². The molecule has 0 aromatic carbocycles. The van der Waals surface area contributed by atoms with Crippen LogP contribution in [-0.2, 0) is 0 Å². The minimum atomic E-state index is -0.479. The zero-order valence-electron chi connectivity index (χ0n) is 11.1. The zero-order chi connectivity index (χ0) is 14.7. The predicted octanol–water partition coefficient (Wildman–Crippen LogP) is 2.82. The molecule has 4 N–H and O–H groups in total. The van der Waals surface area contributed by atoms with Gasteiger partial charge in [0.2, 0.25) is 0 Å². The first-order valence-electron chi connectivity index (χ1n) is 5.95. The summed E-state index contributed by atoms with van der Waals surface area (Å²) >= 11 is 1.67. The van der Waals surface area contributed by atoms with Gasteiger partial charge in [0, 0.05) is 9.75 Å². The van der Waals surface area contributed by atoms with E-state index in [1.54, 1.807) is 11.3 Å². The molecule has 2 heterocycles. The van der Waals surface area contributed by atoms with E-state index in [0.29, 0.717) is 5.82 Å². The molecule has 1 atom stereocenters. The molecule has 1 unspecified atom stereocenters. The number of hydrogen-bond acceptors (Lipinski definition) is 7. The molecule has 8 heteroatoms. The molecule has 106 valence electrons. The Morgan fingerprint density at radius 2 is 2.10 bits per heavy atom. The molecule has 2 aromatic heterocycles. The molecule has 0 spiro atoms. The van der Waals surface area contributed by atoms with Crippen LogP contribution in [0.3, 0.4) is 0 Å². The summed E-state index contributed by atoms with van der Waals surface area (Å²) in [5.41, 5.74) is 2.26. The molecule has 0 aliphatic heterocycles. The van der Waals surface area contributed by atoms with Crippen molar-refractivity contribution in [3.05, 3.63) is 44.1 Å². The Balaban J connectivity index is 2.24. The molecule has 2 aromatic rings. The number of hydrazine groups is 1. The molecule has 0 radical (unpaired) electrons. The van der Waals surface area contributed by atoms with E-state index in [-0.39, 0.29) is 17.5 Å². The third-order valence-corrected chi connectivity index (χ3v) is 3.90. The van der Waals surface area contributed by atoms with Crippen molar-refractivity contribution in [3.8, 4) is 0 Å². The van der Waals surface area contributed by atoms with Gasteiger partial charge < -0.3 is 10.7 Å². The van der Waals surface area contributed by atoms with Crippen LogP contribution in [-0.4, -0.2) is 9.91 Å². The number of nitrogens with zero attached hydrogens (tertiary/aromatic N) is 2. The number of nitrogen functional groups attached to an aromatic ring is 1. The van der Waals surface area contributed by atoms with Gasteiger partial charge in [0.1, 0.15) is 11.6 Å². The van der Waals surface area contributed by atoms with Gasteiger partial charge in [0.15, 0.2) is 0 Å². The summed E-state index contributed by atoms with van der Waals surface area (Å²) in [6, 6.07) is 6.74. The minimum absolute atomic E-state index is 0.00817. The van der Waals surface area contributed by atoms with Gasteiger partial charge in [0.25, 0.3) is 5.69 Å². The lowest BCUT2D eigenvalue weighted by atomic mass is 10.2. The van der Waals surface area contributed by atoms with Gasteiger partial charge in [-0.2, -0.15) is 0 Å². The molecular formula is C12H15N5O2S. The molecule has 0 fully saturated rings. The van der Waals surface area contributed by atoms with Gasteiger partial charge in [-0.1, -0.05) is 0 Å². The topological polar surface area (TPSA) is 106 Å². The largest absolute Gasteiger partial charge is 0.362 e. The number of aromatic nitrogens is 1. The lowest BCUT2D eigenvalue weighted by molar-refractivity contribution is -0.384. The molecule has 2 rings (SSSR count). The Hall–Kier alpha value is -2.19. The molecule has 0 saturated carbocycles. The number of nitrogens with one attached hydrogen (secondary N) is 2. The fourth-order valence-corrected chi connectivity index (χ4v) is 2.63. The Labute approximate surface area is 120 Å². The Morgan fingerprint density at radius 1 is 1.40 bits per heavy atom. The van der Waals surface area contributed by atoms with Crippen molar-refractivity contribution < 1.29 is 4.92 Å². The molecule has 0 aliphatic carbocycles. The summed E-state index contributed by atoms with van der Waals surface area (Å²) in [6.07, 6.45) is 0. The third-order valence-electron chi connectivity index (χ3n) is 2.72. The summed E-state index contributed by atoms with van der Waals surface area (Å²) in [7, 11) is 0. The van der Waals surface area contributed by atoms with Crippen LogP contribution in [0.15, 0.2) is 24.3 Å². The lowest BCUT2D eigenvalue weighted by Crippen LogP contribution is -2.12. The van der Waals surface area contributed by atoms with Crippen LogP contribution in [0.1, 0.15) is 22.7 Å². The fourth-order valence-electron chi connectivity index (χ4n) is 1.75. The van der Waals surface area contributed by atoms with Crippen molar-refractivity contribution in [1.82, 2.24) is 4.98 Å². The number of aryl methyl sites for hydroxylation is 1. The van der Waals surface area contributed by atoms with E-state index in [1.165, 1.54) is 17.0 Å². The number of thiophene rings is 1. The SMILES string of the molecule is Cc1ccc(C(C)Nc2cc([N+](=O)[O-])cc(NN)n2)s1. The van der Waals surface area contributed by atoms with Gasteiger partial charge in [-0.05, 0) is 26.0 Å². The van der Waals surface area contributed by atoms with Gasteiger partial charge in [-0.15, -0.1) is 11.3 Å². The Kier molecular flexibility index (Phi) is 4.16. The van der Waals surface area contributed by atoms with E-state index in [1.807, 2.05) is 26.0 Å². The van der Waals surface area contributed by atoms with Crippen LogP contribution in [0.2, 0.25) is 0 Å². The highest BCUT2D eigenvalue weighted by Crippen LogP contribution is 2.27. The quantitative estimate of drug-likeness (QED) is 0.444. The predicted molar refractivity (Wildman–Crippen MR) is 79.8 cm³/mol. The average molecular weight is 293 g/mol. The zero-order valence-corrected chi connectivity index (χ0v) is 11.9. The standard InChI is InChI=1S/C12H15N5O2S/c1-7-3-4-10(20-7)8(2)14-11-5-9(17(18)19)6-12(15-11)16-13/h3-6,8H,13H2,1-2H3,(H2,14,15,16). The van der Waals surface area contributed by atoms with E-state index >= 15 is 0 Å². The molecule has 0 aliphatic rings. The van der Waals surface area contributed by atoms with E-state index < -0.39 is 4.92 Å². The van der Waals surface area contributed by atoms with Crippen molar-refractivity contribution in [1.29, 1.82) is 0 Å². The van der Waals surface area contributed by atoms with Crippen molar-refractivity contribution >= 4 is 28.7 Å². The van der Waals surface area contributed by atoms with Gasteiger partial charge >= 0.3 is 0 Å². The molecule has 20 heavy (non-hydrogen) atoms. The first kappa shape index (κ1) is 14.2. The maximum absolute atomic E-state index is 10.9. The number of rotatable bonds is 5. The van der Waals surface area contributed by atoms with E-state index in [0.717, 1.165) is 4.88 Å². The van der Waals surface area contributed by atoms with Crippen molar-refractivity contribution in [2.45, 2.75) is 19.9 Å². The molecular weight excluding hydrogens is 278 g/mol. The normalized spacial score (nSPS) is 11.9. The number of hydrogen-bond donors (Lipinski definition) is 3. The van der Waals surface area contributed by atoms with Gasteiger partial charge in [-0.3, -0.25) is 10.1 Å². The summed E-state index contributed by atoms with van der Waals surface area (Å²) in [4.78, 5) is 16.9. The smallest absolute Gasteiger partial charge is 0.276 e. The van der Waals surface area contributed by atoms with Gasteiger partial charge in [0.05, 0.1) is 23.1 Å². The minimum Gasteiger partial charge on any atom is -0.362 e. The summed E-state index contributed by atoms with van der Waals surface area (Å²) in [6.45, 7) is 4.00. The van der Waals surface area contributed by atoms with Crippen LogP contribution >= 0.6 is 11.3 Å². The van der Waals surface area contributed by atoms with Gasteiger partial charge in [-0.25, -0.2) is 10.8 Å². The molecule has 0 amide bonds. The summed E-state index contributed by atoms with van der Waals surface area (Å²) in [5.74, 6) is 5.93. The molecule has 0 bridgehead atoms. The van der Waals surface area contributed by atoms with Crippen LogP contribution < -0.4 is 16.6 Å². The number of nitro groups is 1. The highest BCUT2D eigenvalue weighted by Gasteiger charge is 2.14. The second-order valence-corrected chi connectivity index (χ2v) is 5.63. The molecule has 0 saturated heterocycles. The first-order valence-corrected chi connectivity index (χ1v) is 6.77. The fraction of sp³-hybridized carbons (Fsp3) is 0.250. The van der Waals surface area contributed by atoms with Crippen LogP contribution in [0, 0.1) is 17.0 Å². The monoisotopic (exact) mass is 293 g/mol. The third kappa shape index (κ3) is 3.22. The number of pyridine rings is 1. The maximum Gasteiger partial charge on any atom is 0.276 e. The summed E-state index contributed by atoms with van der Waals surface area (Å²) in [5, 5.41) is 14.0. The van der Waals surface area contributed by atoms with Crippen molar-refractivity contribution in [2.75, 3.05) is 10.7 Å². The Bertz CT molecular complexity index is 628. The van der Waals surface area contributed by atoms with Crippen LogP contribution in [0.4, 0.5) is 17.3 Å². The first-order chi connectivity index (χ1) is 9.49. The van der Waals surface area contributed by atoms with Crippen LogP contribution in [0.5, 0.6) is 0 Å². The van der Waals surface area contributed by atoms with Crippen molar-refractivity contribution in [2.24, 2.45) is 5.84 Å². The highest BCUT2D eigenvalue weighted by atomic mass is 32.1. The number of anilines is 2. The van der Waals surface area contributed by atoms with E-state index in [9.17, 15) is 10.1 Å². The highest BCUT2D eigenvalue weighted by molar-refractivity contribution is 7.12. The Morgan fingerprint density at radius 3 is 2.65 bits per heavy atom. The summed E-state index contributed by atoms with van der Waals surface area (Å²) < 4.78 is 0. The second-order valence-electron chi connectivity index (χ2n) is 4.31. The second kappa shape index (κ2) is 5.85. The lowest BCUT2D eigenvalue weighted by Gasteiger charge is -2.13. The van der Waals surface area contributed by atoms with E-state index in [4.69, 9.17) is 5.84 Å². The van der Waals surface area contributed by atoms with Crippen molar-refractivity contribution in [3.63, 3.8) is 0 Å². The molecule has 7 nitrogen and oxygen atoms in total. The number of nitrogens with two attached hydrogens (primary N) is 1. The average Bonchev–Trinajstić information content (AvgIpc) is 2.85. The maximum atomic E-state index is 10.9. The van der Waals surface area contributed by atoms with E-state index in [2.05, 4.69) is 15.7 Å².